The predicted octanol–water partition coefficient (Wildman–Crippen LogP) is 2.07. The van der Waals surface area contributed by atoms with E-state index < -0.39 is 15.4 Å². The minimum absolute atomic E-state index is 0.104. The summed E-state index contributed by atoms with van der Waals surface area (Å²) in [5, 5.41) is 4.67. The van der Waals surface area contributed by atoms with Gasteiger partial charge in [-0.1, -0.05) is 28.9 Å². The first-order valence-electron chi connectivity index (χ1n) is 9.08. The number of nitrogens with zero attached hydrogens (tertiary/aromatic N) is 4. The maximum absolute atomic E-state index is 12.4. The highest BCUT2D eigenvalue weighted by molar-refractivity contribution is 7.89. The van der Waals surface area contributed by atoms with Gasteiger partial charge >= 0.3 is 0 Å². The van der Waals surface area contributed by atoms with Crippen molar-refractivity contribution in [3.05, 3.63) is 46.6 Å². The molecule has 0 aliphatic carbocycles. The lowest BCUT2D eigenvalue weighted by atomic mass is 9.81. The minimum atomic E-state index is -3.25. The van der Waals surface area contributed by atoms with Crippen molar-refractivity contribution >= 4 is 21.6 Å². The van der Waals surface area contributed by atoms with Crippen LogP contribution in [0.2, 0.25) is 5.02 Å². The van der Waals surface area contributed by atoms with E-state index in [4.69, 9.17) is 16.1 Å². The van der Waals surface area contributed by atoms with Crippen molar-refractivity contribution in [2.24, 2.45) is 5.92 Å². The summed E-state index contributed by atoms with van der Waals surface area (Å²) in [7, 11) is -3.25. The largest absolute Gasteiger partial charge is 0.339 e. The highest BCUT2D eigenvalue weighted by atomic mass is 35.5. The third-order valence-electron chi connectivity index (χ3n) is 5.68. The molecule has 2 aliphatic heterocycles. The average Bonchev–Trinajstić information content (AvgIpc) is 3.29. The quantitative estimate of drug-likeness (QED) is 0.750. The number of aryl methyl sites for hydroxylation is 1. The topological polar surface area (TPSA) is 79.5 Å². The number of halogens is 1. The summed E-state index contributed by atoms with van der Waals surface area (Å²) in [5.74, 6) is 1.36. The Morgan fingerprint density at radius 2 is 2.00 bits per heavy atom. The molecule has 0 saturated carbocycles. The van der Waals surface area contributed by atoms with Gasteiger partial charge in [-0.15, -0.1) is 0 Å². The molecule has 3 heterocycles. The molecule has 2 aliphatic rings. The Morgan fingerprint density at radius 3 is 2.63 bits per heavy atom. The zero-order chi connectivity index (χ0) is 19.2. The van der Waals surface area contributed by atoms with Crippen LogP contribution in [0.5, 0.6) is 0 Å². The molecule has 0 unspecified atom stereocenters. The molecule has 0 amide bonds. The smallest absolute Gasteiger partial charge is 0.235 e. The van der Waals surface area contributed by atoms with E-state index in [1.807, 2.05) is 24.3 Å². The molecule has 2 saturated heterocycles. The Bertz CT molecular complexity index is 930. The van der Waals surface area contributed by atoms with Crippen molar-refractivity contribution in [3.8, 4) is 0 Å². The number of aromatic nitrogens is 2. The van der Waals surface area contributed by atoms with E-state index in [0.717, 1.165) is 18.1 Å². The van der Waals surface area contributed by atoms with Crippen LogP contribution in [0.25, 0.3) is 0 Å². The number of benzene rings is 1. The Morgan fingerprint density at radius 1 is 1.26 bits per heavy atom. The van der Waals surface area contributed by atoms with Crippen molar-refractivity contribution < 1.29 is 12.9 Å². The lowest BCUT2D eigenvalue weighted by molar-refractivity contribution is 0.244. The molecule has 1 aromatic heterocycles. The number of likely N-dealkylation sites (tertiary alicyclic amines) is 1. The van der Waals surface area contributed by atoms with Crippen molar-refractivity contribution in [1.29, 1.82) is 0 Å². The summed E-state index contributed by atoms with van der Waals surface area (Å²) in [6.07, 6.45) is 0. The van der Waals surface area contributed by atoms with Crippen LogP contribution in [0.3, 0.4) is 0 Å². The lowest BCUT2D eigenvalue weighted by Crippen LogP contribution is -2.40. The summed E-state index contributed by atoms with van der Waals surface area (Å²) in [6.45, 7) is 6.62. The average molecular weight is 411 g/mol. The molecule has 27 heavy (non-hydrogen) atoms. The first kappa shape index (κ1) is 18.9. The molecule has 0 N–H and O–H groups in total. The number of fused-ring (bicyclic) bond motifs is 1. The van der Waals surface area contributed by atoms with Gasteiger partial charge in [-0.3, -0.25) is 4.90 Å². The van der Waals surface area contributed by atoms with Crippen molar-refractivity contribution in [1.82, 2.24) is 19.3 Å². The molecule has 0 spiro atoms. The fourth-order valence-corrected chi connectivity index (χ4v) is 5.61. The maximum Gasteiger partial charge on any atom is 0.235 e. The Balaban J connectivity index is 1.61. The van der Waals surface area contributed by atoms with Crippen LogP contribution >= 0.6 is 11.6 Å². The number of rotatable bonds is 5. The van der Waals surface area contributed by atoms with Crippen molar-refractivity contribution in [3.63, 3.8) is 0 Å². The van der Waals surface area contributed by atoms with Crippen LogP contribution in [0.15, 0.2) is 28.8 Å². The van der Waals surface area contributed by atoms with Crippen LogP contribution in [0.4, 0.5) is 0 Å². The van der Waals surface area contributed by atoms with E-state index in [1.54, 1.807) is 18.2 Å². The lowest BCUT2D eigenvalue weighted by Gasteiger charge is -2.25. The third-order valence-corrected chi connectivity index (χ3v) is 7.73. The number of hydrogen-bond donors (Lipinski definition) is 0. The van der Waals surface area contributed by atoms with Crippen LogP contribution in [-0.4, -0.2) is 59.7 Å². The number of hydrogen-bond acceptors (Lipinski definition) is 6. The van der Waals surface area contributed by atoms with Gasteiger partial charge in [-0.05, 0) is 31.5 Å². The van der Waals surface area contributed by atoms with E-state index >= 15 is 0 Å². The highest BCUT2D eigenvalue weighted by Crippen LogP contribution is 2.45. The zero-order valence-corrected chi connectivity index (χ0v) is 17.0. The minimum Gasteiger partial charge on any atom is -0.339 e. The van der Waals surface area contributed by atoms with E-state index in [-0.39, 0.29) is 11.7 Å². The van der Waals surface area contributed by atoms with E-state index in [1.165, 1.54) is 5.56 Å². The molecule has 4 rings (SSSR count). The van der Waals surface area contributed by atoms with Gasteiger partial charge in [0.25, 0.3) is 0 Å². The zero-order valence-electron chi connectivity index (χ0n) is 15.4. The number of sulfonamides is 1. The van der Waals surface area contributed by atoms with Gasteiger partial charge in [0.2, 0.25) is 15.9 Å². The summed E-state index contributed by atoms with van der Waals surface area (Å²) < 4.78 is 32.0. The Labute approximate surface area is 164 Å². The van der Waals surface area contributed by atoms with E-state index in [0.29, 0.717) is 31.3 Å². The summed E-state index contributed by atoms with van der Waals surface area (Å²) in [5.41, 5.74) is 0.727. The predicted molar refractivity (Wildman–Crippen MR) is 102 cm³/mol. The summed E-state index contributed by atoms with van der Waals surface area (Å²) >= 11 is 5.98. The van der Waals surface area contributed by atoms with E-state index in [2.05, 4.69) is 15.0 Å². The van der Waals surface area contributed by atoms with Crippen molar-refractivity contribution in [2.75, 3.05) is 31.9 Å². The monoisotopic (exact) mass is 410 g/mol. The van der Waals surface area contributed by atoms with Gasteiger partial charge in [-0.2, -0.15) is 4.98 Å². The molecule has 0 radical (unpaired) electrons. The van der Waals surface area contributed by atoms with E-state index in [9.17, 15) is 8.42 Å². The van der Waals surface area contributed by atoms with Crippen LogP contribution in [0.1, 0.15) is 24.2 Å². The molecule has 1 aromatic carbocycles. The second-order valence-corrected chi connectivity index (χ2v) is 10.2. The first-order chi connectivity index (χ1) is 12.8. The SMILES string of the molecule is CCS(=O)(=O)N1C[C@@H]2CN(Cc3ccc(Cl)cc3)C[C@]2(c2nc(C)no2)C1. The normalized spacial score (nSPS) is 26.6. The molecule has 7 nitrogen and oxygen atoms in total. The van der Waals surface area contributed by atoms with Gasteiger partial charge in [0.1, 0.15) is 0 Å². The van der Waals surface area contributed by atoms with Gasteiger partial charge in [-0.25, -0.2) is 12.7 Å². The second kappa shape index (κ2) is 6.84. The first-order valence-corrected chi connectivity index (χ1v) is 11.1. The Hall–Kier alpha value is -1.48. The van der Waals surface area contributed by atoms with Gasteiger partial charge in [0.05, 0.1) is 11.2 Å². The Kier molecular flexibility index (Phi) is 4.78. The second-order valence-electron chi connectivity index (χ2n) is 7.49. The maximum atomic E-state index is 12.4. The van der Waals surface area contributed by atoms with Crippen LogP contribution in [-0.2, 0) is 22.0 Å². The van der Waals surface area contributed by atoms with Gasteiger partial charge < -0.3 is 4.52 Å². The summed E-state index contributed by atoms with van der Waals surface area (Å²) in [6, 6.07) is 7.82. The molecular weight excluding hydrogens is 388 g/mol. The van der Waals surface area contributed by atoms with Crippen LogP contribution < -0.4 is 0 Å². The molecule has 2 aromatic rings. The molecular formula is C18H23ClN4O3S. The molecule has 146 valence electrons. The highest BCUT2D eigenvalue weighted by Gasteiger charge is 2.58. The fraction of sp³-hybridized carbons (Fsp3) is 0.556. The third kappa shape index (κ3) is 3.40. The molecule has 2 fully saturated rings. The molecule has 0 bridgehead atoms. The molecule has 2 atom stereocenters. The van der Waals surface area contributed by atoms with Crippen molar-refractivity contribution in [2.45, 2.75) is 25.8 Å². The summed E-state index contributed by atoms with van der Waals surface area (Å²) in [4.78, 5) is 6.81. The fourth-order valence-electron chi connectivity index (χ4n) is 4.29. The van der Waals surface area contributed by atoms with Gasteiger partial charge in [0.15, 0.2) is 5.82 Å². The molecule has 9 heteroatoms. The van der Waals surface area contributed by atoms with Gasteiger partial charge in [0, 0.05) is 43.7 Å². The standard InChI is InChI=1S/C18H23ClN4O3S/c1-3-27(24,25)23-10-15-9-22(8-14-4-6-16(19)7-5-14)11-18(15,12-23)17-20-13(2)21-26-17/h4-7,15H,3,8-12H2,1-2H3/t15-,18-/m0/s1. The van der Waals surface area contributed by atoms with Crippen LogP contribution in [0, 0.1) is 12.8 Å².